The van der Waals surface area contributed by atoms with Gasteiger partial charge in [0.2, 0.25) is 27.5 Å². The fourth-order valence-corrected chi connectivity index (χ4v) is 3.92. The molecule has 9 heteroatoms. The van der Waals surface area contributed by atoms with Gasteiger partial charge in [-0.2, -0.15) is 14.6 Å². The van der Waals surface area contributed by atoms with E-state index in [1.165, 1.54) is 16.4 Å². The molecule has 2 heterocycles. The maximum atomic E-state index is 12.6. The summed E-state index contributed by atoms with van der Waals surface area (Å²) in [6, 6.07) is 8.27. The number of hydrogen-bond donors (Lipinski definition) is 0. The van der Waals surface area contributed by atoms with Crippen molar-refractivity contribution in [3.8, 4) is 17.5 Å². The smallest absolute Gasteiger partial charge is 0.243 e. The number of nitriles is 1. The largest absolute Gasteiger partial charge is 0.419 e. The highest BCUT2D eigenvalue weighted by Gasteiger charge is 2.26. The molecule has 0 radical (unpaired) electrons. The highest BCUT2D eigenvalue weighted by molar-refractivity contribution is 7.89. The van der Waals surface area contributed by atoms with E-state index < -0.39 is 10.0 Å². The van der Waals surface area contributed by atoms with Gasteiger partial charge in [0.1, 0.15) is 6.07 Å². The molecule has 132 valence electrons. The van der Waals surface area contributed by atoms with Crippen LogP contribution in [-0.2, 0) is 14.8 Å². The third kappa shape index (κ3) is 3.37. The van der Waals surface area contributed by atoms with Crippen molar-refractivity contribution in [1.29, 1.82) is 5.26 Å². The molecule has 1 aliphatic heterocycles. The molecule has 0 unspecified atom stereocenters. The van der Waals surface area contributed by atoms with Gasteiger partial charge < -0.3 is 14.1 Å². The Balaban J connectivity index is 1.89. The molecule has 0 N–H and O–H groups in total. The minimum atomic E-state index is -3.54. The predicted molar refractivity (Wildman–Crippen MR) is 90.6 cm³/mol. The van der Waals surface area contributed by atoms with Crippen molar-refractivity contribution in [2.24, 2.45) is 0 Å². The third-order valence-corrected chi connectivity index (χ3v) is 5.74. The number of aromatic nitrogens is 1. The van der Waals surface area contributed by atoms with Crippen LogP contribution in [0.3, 0.4) is 0 Å². The highest BCUT2D eigenvalue weighted by atomic mass is 32.2. The summed E-state index contributed by atoms with van der Waals surface area (Å²) in [5.74, 6) is 0.637. The van der Waals surface area contributed by atoms with Crippen molar-refractivity contribution in [3.63, 3.8) is 0 Å². The van der Waals surface area contributed by atoms with Crippen molar-refractivity contribution in [3.05, 3.63) is 30.0 Å². The molecule has 1 saturated heterocycles. The first-order valence-corrected chi connectivity index (χ1v) is 9.14. The summed E-state index contributed by atoms with van der Waals surface area (Å²) >= 11 is 0. The van der Waals surface area contributed by atoms with E-state index >= 15 is 0 Å². The molecule has 1 aromatic carbocycles. The van der Waals surface area contributed by atoms with Gasteiger partial charge in [-0.1, -0.05) is 0 Å². The van der Waals surface area contributed by atoms with E-state index in [9.17, 15) is 8.42 Å². The summed E-state index contributed by atoms with van der Waals surface area (Å²) in [5.41, 5.74) is 0.788. The van der Waals surface area contributed by atoms with Gasteiger partial charge in [-0.15, -0.1) is 0 Å². The highest BCUT2D eigenvalue weighted by Crippen LogP contribution is 2.28. The Hall–Kier alpha value is -2.41. The second-order valence-corrected chi connectivity index (χ2v) is 7.66. The normalized spacial score (nSPS) is 15.7. The van der Waals surface area contributed by atoms with Crippen LogP contribution in [0.4, 0.5) is 5.88 Å². The minimum Gasteiger partial charge on any atom is -0.419 e. The monoisotopic (exact) mass is 362 g/mol. The Morgan fingerprint density at radius 3 is 2.36 bits per heavy atom. The quantitative estimate of drug-likeness (QED) is 0.808. The Bertz CT molecular complexity index is 891. The molecule has 2 aromatic rings. The number of sulfonamides is 1. The van der Waals surface area contributed by atoms with Crippen LogP contribution in [0.15, 0.2) is 33.6 Å². The number of hydrogen-bond acceptors (Lipinski definition) is 7. The average molecular weight is 362 g/mol. The maximum Gasteiger partial charge on any atom is 0.243 e. The number of benzene rings is 1. The molecule has 25 heavy (non-hydrogen) atoms. The molecule has 3 rings (SSSR count). The molecule has 0 saturated carbocycles. The van der Waals surface area contributed by atoms with Gasteiger partial charge in [0, 0.05) is 32.7 Å². The molecule has 8 nitrogen and oxygen atoms in total. The lowest BCUT2D eigenvalue weighted by molar-refractivity contribution is 0.0730. The van der Waals surface area contributed by atoms with E-state index in [2.05, 4.69) is 4.98 Å². The van der Waals surface area contributed by atoms with Crippen LogP contribution in [0.5, 0.6) is 0 Å². The Morgan fingerprint density at radius 2 is 1.84 bits per heavy atom. The van der Waals surface area contributed by atoms with Crippen molar-refractivity contribution in [2.45, 2.75) is 4.90 Å². The molecular weight excluding hydrogens is 344 g/mol. The molecule has 0 aliphatic carbocycles. The van der Waals surface area contributed by atoms with E-state index in [4.69, 9.17) is 14.4 Å². The van der Waals surface area contributed by atoms with Crippen LogP contribution in [-0.4, -0.2) is 58.1 Å². The SMILES string of the molecule is CN(C)c1oc(-c2ccc(S(=O)(=O)N3CCOCC3)cc2)nc1C#N. The summed E-state index contributed by atoms with van der Waals surface area (Å²) < 4.78 is 37.4. The van der Waals surface area contributed by atoms with E-state index in [-0.39, 0.29) is 16.5 Å². The van der Waals surface area contributed by atoms with Gasteiger partial charge in [0.05, 0.1) is 18.1 Å². The topological polar surface area (TPSA) is 99.7 Å². The van der Waals surface area contributed by atoms with Gasteiger partial charge in [-0.05, 0) is 24.3 Å². The molecule has 0 spiro atoms. The van der Waals surface area contributed by atoms with Crippen molar-refractivity contribution in [2.75, 3.05) is 45.3 Å². The molecular formula is C16H18N4O4S. The van der Waals surface area contributed by atoms with Crippen molar-refractivity contribution >= 4 is 15.9 Å². The van der Waals surface area contributed by atoms with Gasteiger partial charge in [0.15, 0.2) is 0 Å². The summed E-state index contributed by atoms with van der Waals surface area (Å²) in [4.78, 5) is 6.02. The molecule has 0 bridgehead atoms. The fourth-order valence-electron chi connectivity index (χ4n) is 2.52. The van der Waals surface area contributed by atoms with E-state index in [1.807, 2.05) is 6.07 Å². The lowest BCUT2D eigenvalue weighted by atomic mass is 10.2. The molecule has 1 aromatic heterocycles. The fraction of sp³-hybridized carbons (Fsp3) is 0.375. The zero-order valence-electron chi connectivity index (χ0n) is 14.0. The van der Waals surface area contributed by atoms with Crippen molar-refractivity contribution < 1.29 is 17.6 Å². The van der Waals surface area contributed by atoms with Crippen LogP contribution < -0.4 is 4.90 Å². The number of morpholine rings is 1. The van der Waals surface area contributed by atoms with E-state index in [0.717, 1.165) is 0 Å². The number of anilines is 1. The first kappa shape index (κ1) is 17.4. The molecule has 0 atom stereocenters. The standard InChI is InChI=1S/C16H18N4O4S/c1-19(2)16-14(11-17)18-15(24-16)12-3-5-13(6-4-12)25(21,22)20-7-9-23-10-8-20/h3-6H,7-10H2,1-2H3. The lowest BCUT2D eigenvalue weighted by Crippen LogP contribution is -2.40. The summed E-state index contributed by atoms with van der Waals surface area (Å²) in [6.07, 6.45) is 0. The van der Waals surface area contributed by atoms with Gasteiger partial charge in [-0.25, -0.2) is 8.42 Å². The summed E-state index contributed by atoms with van der Waals surface area (Å²) in [7, 11) is -0.0341. The maximum absolute atomic E-state index is 12.6. The second-order valence-electron chi connectivity index (χ2n) is 5.72. The molecule has 0 amide bonds. The van der Waals surface area contributed by atoms with Gasteiger partial charge >= 0.3 is 0 Å². The lowest BCUT2D eigenvalue weighted by Gasteiger charge is -2.26. The van der Waals surface area contributed by atoms with E-state index in [0.29, 0.717) is 37.8 Å². The van der Waals surface area contributed by atoms with Crippen LogP contribution in [0.2, 0.25) is 0 Å². The van der Waals surface area contributed by atoms with Crippen molar-refractivity contribution in [1.82, 2.24) is 9.29 Å². The van der Waals surface area contributed by atoms with Crippen LogP contribution in [0.25, 0.3) is 11.5 Å². The Labute approximate surface area is 146 Å². The summed E-state index contributed by atoms with van der Waals surface area (Å²) in [6.45, 7) is 1.50. The summed E-state index contributed by atoms with van der Waals surface area (Å²) in [5, 5.41) is 9.13. The van der Waals surface area contributed by atoms with Crippen LogP contribution in [0, 0.1) is 11.3 Å². The molecule has 1 aliphatic rings. The van der Waals surface area contributed by atoms with Gasteiger partial charge in [-0.3, -0.25) is 0 Å². The third-order valence-electron chi connectivity index (χ3n) is 3.83. The number of oxazole rings is 1. The van der Waals surface area contributed by atoms with Crippen LogP contribution >= 0.6 is 0 Å². The average Bonchev–Trinajstić information content (AvgIpc) is 3.07. The number of nitrogens with zero attached hydrogens (tertiary/aromatic N) is 4. The second kappa shape index (κ2) is 6.84. The van der Waals surface area contributed by atoms with Gasteiger partial charge in [0.25, 0.3) is 0 Å². The Kier molecular flexibility index (Phi) is 4.76. The number of rotatable bonds is 4. The molecule has 1 fully saturated rings. The first-order valence-electron chi connectivity index (χ1n) is 7.70. The number of ether oxygens (including phenoxy) is 1. The Morgan fingerprint density at radius 1 is 1.20 bits per heavy atom. The zero-order chi connectivity index (χ0) is 18.0. The zero-order valence-corrected chi connectivity index (χ0v) is 14.8. The predicted octanol–water partition coefficient (Wildman–Crippen LogP) is 1.30. The minimum absolute atomic E-state index is 0.185. The van der Waals surface area contributed by atoms with Crippen LogP contribution in [0.1, 0.15) is 5.69 Å². The first-order chi connectivity index (χ1) is 11.9. The van der Waals surface area contributed by atoms with E-state index in [1.54, 1.807) is 31.1 Å².